The highest BCUT2D eigenvalue weighted by Gasteiger charge is 2.22. The Kier molecular flexibility index (Phi) is 10.5. The van der Waals surface area contributed by atoms with Crippen molar-refractivity contribution in [3.05, 3.63) is 59.8 Å². The van der Waals surface area contributed by atoms with Gasteiger partial charge in [0.25, 0.3) is 5.91 Å². The molecule has 0 aliphatic carbocycles. The number of nitrogens with zero attached hydrogens (tertiary/aromatic N) is 3. The molecule has 2 heterocycles. The molecule has 1 aliphatic heterocycles. The molecule has 1 saturated heterocycles. The lowest BCUT2D eigenvalue weighted by Crippen LogP contribution is -2.28. The fourth-order valence-corrected chi connectivity index (χ4v) is 3.04. The number of nitrogens with one attached hydrogen (secondary N) is 2. The van der Waals surface area contributed by atoms with Gasteiger partial charge in [-0.05, 0) is 36.6 Å². The summed E-state index contributed by atoms with van der Waals surface area (Å²) >= 11 is 0. The highest BCUT2D eigenvalue weighted by Crippen LogP contribution is 2.15. The number of anilines is 1. The number of halogens is 3. The molecular weight excluding hydrogens is 420 g/mol. The molecule has 1 amide bonds. The molecule has 0 radical (unpaired) electrons. The van der Waals surface area contributed by atoms with Crippen LogP contribution < -0.4 is 10.8 Å². The van der Waals surface area contributed by atoms with E-state index in [0.717, 1.165) is 38.0 Å². The second-order valence-corrected chi connectivity index (χ2v) is 6.45. The van der Waals surface area contributed by atoms with E-state index in [0.29, 0.717) is 11.5 Å². The first-order valence-corrected chi connectivity index (χ1v) is 8.80. The van der Waals surface area contributed by atoms with E-state index in [1.54, 1.807) is 24.5 Å². The molecule has 1 aromatic carbocycles. The zero-order valence-electron chi connectivity index (χ0n) is 15.6. The number of benzene rings is 1. The molecule has 10 heteroatoms. The smallest absolute Gasteiger partial charge is 0.267 e. The van der Waals surface area contributed by atoms with Crippen LogP contribution in [0.15, 0.2) is 42.7 Å². The SMILES string of the molecule is Cl.Cl.O=C(/C=C/c1cnc(N[C@@H]2CCN(CCc3cccc(F)c3)C2)cn1)NO. The molecular formula is C19H24Cl2FN5O2. The number of aromatic nitrogens is 2. The monoisotopic (exact) mass is 443 g/mol. The summed E-state index contributed by atoms with van der Waals surface area (Å²) in [5, 5.41) is 11.8. The highest BCUT2D eigenvalue weighted by atomic mass is 35.5. The summed E-state index contributed by atoms with van der Waals surface area (Å²) in [5.41, 5.74) is 3.04. The minimum Gasteiger partial charge on any atom is -0.365 e. The van der Waals surface area contributed by atoms with Crippen molar-refractivity contribution in [2.24, 2.45) is 0 Å². The number of hydroxylamine groups is 1. The van der Waals surface area contributed by atoms with Gasteiger partial charge in [-0.15, -0.1) is 24.8 Å². The Morgan fingerprint density at radius 1 is 1.31 bits per heavy atom. The Hall–Kier alpha value is -2.26. The van der Waals surface area contributed by atoms with E-state index in [2.05, 4.69) is 20.2 Å². The normalized spacial score (nSPS) is 16.1. The van der Waals surface area contributed by atoms with Crippen LogP contribution >= 0.6 is 24.8 Å². The Labute approximate surface area is 181 Å². The lowest BCUT2D eigenvalue weighted by molar-refractivity contribution is -0.124. The molecule has 0 bridgehead atoms. The zero-order chi connectivity index (χ0) is 19.1. The van der Waals surface area contributed by atoms with Gasteiger partial charge in [-0.25, -0.2) is 14.9 Å². The summed E-state index contributed by atoms with van der Waals surface area (Å²) in [6, 6.07) is 7.02. The number of carbonyl (C=O) groups excluding carboxylic acids is 1. The van der Waals surface area contributed by atoms with Crippen LogP contribution in [0.1, 0.15) is 17.7 Å². The molecule has 1 fully saturated rings. The third-order valence-electron chi connectivity index (χ3n) is 4.42. The van der Waals surface area contributed by atoms with Crippen molar-refractivity contribution >= 4 is 42.6 Å². The molecule has 0 saturated carbocycles. The number of carbonyl (C=O) groups is 1. The van der Waals surface area contributed by atoms with E-state index in [4.69, 9.17) is 5.21 Å². The van der Waals surface area contributed by atoms with Crippen molar-refractivity contribution < 1.29 is 14.4 Å². The summed E-state index contributed by atoms with van der Waals surface area (Å²) in [4.78, 5) is 21.8. The van der Waals surface area contributed by atoms with Crippen LogP contribution in [0.4, 0.5) is 10.2 Å². The molecule has 1 atom stereocenters. The van der Waals surface area contributed by atoms with Gasteiger partial charge in [0.1, 0.15) is 11.6 Å². The molecule has 2 aromatic rings. The highest BCUT2D eigenvalue weighted by molar-refractivity contribution is 5.90. The lowest BCUT2D eigenvalue weighted by atomic mass is 10.1. The summed E-state index contributed by atoms with van der Waals surface area (Å²) < 4.78 is 13.2. The van der Waals surface area contributed by atoms with Crippen LogP contribution in [0.5, 0.6) is 0 Å². The molecule has 0 unspecified atom stereocenters. The fraction of sp³-hybridized carbons (Fsp3) is 0.316. The Balaban J connectivity index is 0.00000210. The topological polar surface area (TPSA) is 90.4 Å². The minimum atomic E-state index is -0.622. The summed E-state index contributed by atoms with van der Waals surface area (Å²) in [6.07, 6.45) is 7.64. The predicted molar refractivity (Wildman–Crippen MR) is 114 cm³/mol. The van der Waals surface area contributed by atoms with E-state index in [-0.39, 0.29) is 36.7 Å². The molecule has 158 valence electrons. The summed E-state index contributed by atoms with van der Waals surface area (Å²) in [6.45, 7) is 2.77. The van der Waals surface area contributed by atoms with Crippen LogP contribution in [0.2, 0.25) is 0 Å². The maximum atomic E-state index is 13.2. The number of rotatable bonds is 7. The third kappa shape index (κ3) is 7.94. The summed E-state index contributed by atoms with van der Waals surface area (Å²) in [7, 11) is 0. The van der Waals surface area contributed by atoms with Crippen LogP contribution in [-0.4, -0.2) is 51.7 Å². The van der Waals surface area contributed by atoms with Crippen LogP contribution in [0, 0.1) is 5.82 Å². The predicted octanol–water partition coefficient (Wildman–Crippen LogP) is 2.71. The van der Waals surface area contributed by atoms with Crippen LogP contribution in [0.3, 0.4) is 0 Å². The average molecular weight is 444 g/mol. The Morgan fingerprint density at radius 3 is 2.83 bits per heavy atom. The number of likely N-dealkylation sites (tertiary alicyclic amines) is 1. The second-order valence-electron chi connectivity index (χ2n) is 6.45. The molecule has 3 N–H and O–H groups in total. The van der Waals surface area contributed by atoms with Gasteiger partial charge in [0.2, 0.25) is 0 Å². The lowest BCUT2D eigenvalue weighted by Gasteiger charge is -2.17. The third-order valence-corrected chi connectivity index (χ3v) is 4.42. The number of amides is 1. The van der Waals surface area contributed by atoms with E-state index in [9.17, 15) is 9.18 Å². The zero-order valence-corrected chi connectivity index (χ0v) is 17.3. The maximum Gasteiger partial charge on any atom is 0.267 e. The minimum absolute atomic E-state index is 0. The van der Waals surface area contributed by atoms with Gasteiger partial charge >= 0.3 is 0 Å². The van der Waals surface area contributed by atoms with Crippen molar-refractivity contribution in [3.8, 4) is 0 Å². The molecule has 3 rings (SSSR count). The van der Waals surface area contributed by atoms with Crippen molar-refractivity contribution in [2.75, 3.05) is 25.0 Å². The number of hydrogen-bond acceptors (Lipinski definition) is 6. The van der Waals surface area contributed by atoms with Crippen LogP contribution in [0.25, 0.3) is 6.08 Å². The first-order valence-electron chi connectivity index (χ1n) is 8.80. The van der Waals surface area contributed by atoms with E-state index in [1.807, 2.05) is 6.07 Å². The Morgan fingerprint density at radius 2 is 2.14 bits per heavy atom. The quantitative estimate of drug-likeness (QED) is 0.346. The van der Waals surface area contributed by atoms with E-state index < -0.39 is 5.91 Å². The first kappa shape index (κ1) is 24.8. The van der Waals surface area contributed by atoms with Gasteiger partial charge in [-0.1, -0.05) is 12.1 Å². The van der Waals surface area contributed by atoms with Crippen molar-refractivity contribution in [2.45, 2.75) is 18.9 Å². The summed E-state index contributed by atoms with van der Waals surface area (Å²) in [5.74, 6) is -0.138. The standard InChI is InChI=1S/C19H22FN5O2.2ClH/c20-15-3-1-2-14(10-15)6-8-25-9-7-17(13-25)23-18-12-21-16(11-22-18)4-5-19(26)24-27;;/h1-5,10-12,17,27H,6-9,13H2,(H,22,23)(H,24,26);2*1H/b5-4+;;/t17-;;/m1../s1. The van der Waals surface area contributed by atoms with Crippen molar-refractivity contribution in [1.82, 2.24) is 20.3 Å². The van der Waals surface area contributed by atoms with E-state index in [1.165, 1.54) is 23.7 Å². The fourth-order valence-electron chi connectivity index (χ4n) is 3.04. The van der Waals surface area contributed by atoms with Crippen molar-refractivity contribution in [3.63, 3.8) is 0 Å². The Bertz CT molecular complexity index is 807. The van der Waals surface area contributed by atoms with Crippen molar-refractivity contribution in [1.29, 1.82) is 0 Å². The largest absolute Gasteiger partial charge is 0.365 e. The molecule has 29 heavy (non-hydrogen) atoms. The molecule has 1 aromatic heterocycles. The van der Waals surface area contributed by atoms with Gasteiger partial charge < -0.3 is 10.2 Å². The first-order chi connectivity index (χ1) is 13.1. The average Bonchev–Trinajstić information content (AvgIpc) is 3.13. The van der Waals surface area contributed by atoms with Gasteiger partial charge in [-0.2, -0.15) is 0 Å². The van der Waals surface area contributed by atoms with Gasteiger partial charge in [0.15, 0.2) is 0 Å². The van der Waals surface area contributed by atoms with Crippen LogP contribution in [-0.2, 0) is 11.2 Å². The van der Waals surface area contributed by atoms with Gasteiger partial charge in [0.05, 0.1) is 18.1 Å². The maximum absolute atomic E-state index is 13.2. The second kappa shape index (κ2) is 12.3. The molecule has 0 spiro atoms. The molecule has 7 nitrogen and oxygen atoms in total. The van der Waals surface area contributed by atoms with Gasteiger partial charge in [0, 0.05) is 31.8 Å². The number of hydrogen-bond donors (Lipinski definition) is 3. The van der Waals surface area contributed by atoms with Gasteiger partial charge in [-0.3, -0.25) is 15.0 Å². The molecule has 1 aliphatic rings. The van der Waals surface area contributed by atoms with E-state index >= 15 is 0 Å².